The maximum absolute atomic E-state index is 13.9. The number of amides is 1. The molecule has 6 unspecified atom stereocenters. The normalized spacial score (nSPS) is 24.7. The van der Waals surface area contributed by atoms with E-state index in [1.54, 1.807) is 23.1 Å². The first kappa shape index (κ1) is 45.0. The number of non-ortho nitro benzene ring substituents is 1. The van der Waals surface area contributed by atoms with Gasteiger partial charge >= 0.3 is 6.09 Å². The number of nitrogens with zero attached hydrogens (tertiary/aromatic N) is 4. The number of nitro benzene ring substituents is 1. The van der Waals surface area contributed by atoms with Gasteiger partial charge in [-0.2, -0.15) is 0 Å². The van der Waals surface area contributed by atoms with E-state index in [-0.39, 0.29) is 82.7 Å². The fraction of sp³-hybridized carbons (Fsp3) is 0.591. The number of carbonyl (C=O) groups excluding carboxylic acids is 1. The number of fused-ring (bicyclic) bond motifs is 2. The van der Waals surface area contributed by atoms with Crippen molar-refractivity contribution in [3.05, 3.63) is 88.0 Å². The highest BCUT2D eigenvalue weighted by Crippen LogP contribution is 2.62. The molecule has 6 rings (SSSR count). The van der Waals surface area contributed by atoms with Gasteiger partial charge in [-0.1, -0.05) is 30.1 Å². The van der Waals surface area contributed by atoms with Crippen molar-refractivity contribution in [1.29, 1.82) is 0 Å². The van der Waals surface area contributed by atoms with Crippen molar-refractivity contribution in [2.75, 3.05) is 79.5 Å². The van der Waals surface area contributed by atoms with E-state index in [1.807, 2.05) is 12.1 Å². The summed E-state index contributed by atoms with van der Waals surface area (Å²) in [6, 6.07) is 11.1. The fourth-order valence-corrected chi connectivity index (χ4v) is 9.04. The zero-order valence-electron chi connectivity index (χ0n) is 34.5. The van der Waals surface area contributed by atoms with Crippen LogP contribution in [-0.2, 0) is 25.7 Å². The van der Waals surface area contributed by atoms with E-state index in [1.165, 1.54) is 19.2 Å². The van der Waals surface area contributed by atoms with Gasteiger partial charge in [0.1, 0.15) is 30.8 Å². The molecule has 60 heavy (non-hydrogen) atoms. The summed E-state index contributed by atoms with van der Waals surface area (Å²) in [5.41, 5.74) is 3.03. The summed E-state index contributed by atoms with van der Waals surface area (Å²) in [7, 11) is 1.31. The molecular weight excluding hydrogens is 777 g/mol. The molecule has 2 aliphatic carbocycles. The molecule has 2 fully saturated rings. The van der Waals surface area contributed by atoms with Gasteiger partial charge in [-0.05, 0) is 79.0 Å². The van der Waals surface area contributed by atoms with Crippen LogP contribution in [-0.4, -0.2) is 133 Å². The number of oxime groups is 1. The molecule has 1 saturated heterocycles. The summed E-state index contributed by atoms with van der Waals surface area (Å²) < 4.78 is 31.6. The van der Waals surface area contributed by atoms with E-state index in [0.29, 0.717) is 42.2 Å². The lowest BCUT2D eigenvalue weighted by Gasteiger charge is -2.59. The Labute approximate surface area is 351 Å². The summed E-state index contributed by atoms with van der Waals surface area (Å²) in [6.07, 6.45) is 7.80. The number of benzene rings is 2. The average molecular weight is 837 g/mol. The van der Waals surface area contributed by atoms with Crippen LogP contribution in [0.1, 0.15) is 62.0 Å². The van der Waals surface area contributed by atoms with Gasteiger partial charge in [-0.15, -0.1) is 6.58 Å². The predicted octanol–water partition coefficient (Wildman–Crippen LogP) is 5.20. The minimum absolute atomic E-state index is 0.0201. The SMILES string of the molecule is C=CCOC12Oc3ccc(OCCN4CC4)cc3C3C(CCCCO)C(CCCCO)C=C(C(=NOCc4ccc([N+](=O)[O-])cc4)CC1N(CCOCCO)C(=O)OC)C32. The molecule has 6 atom stereocenters. The second kappa shape index (κ2) is 21.8. The smallest absolute Gasteiger partial charge is 0.410 e. The largest absolute Gasteiger partial charge is 0.492 e. The lowest BCUT2D eigenvalue weighted by Crippen LogP contribution is -2.70. The molecule has 2 aromatic rings. The third-order valence-electron chi connectivity index (χ3n) is 11.9. The molecule has 1 saturated carbocycles. The van der Waals surface area contributed by atoms with Gasteiger partial charge in [0, 0.05) is 69.4 Å². The van der Waals surface area contributed by atoms with E-state index < -0.39 is 28.8 Å². The van der Waals surface area contributed by atoms with Crippen LogP contribution in [0.25, 0.3) is 0 Å². The molecule has 3 N–H and O–H groups in total. The molecular formula is C44H60N4O12. The van der Waals surface area contributed by atoms with Crippen molar-refractivity contribution in [3.8, 4) is 11.5 Å². The Morgan fingerprint density at radius 1 is 1.05 bits per heavy atom. The molecule has 1 amide bonds. The van der Waals surface area contributed by atoms with Crippen LogP contribution in [0.4, 0.5) is 10.5 Å². The molecule has 4 aliphatic rings. The highest BCUT2D eigenvalue weighted by molar-refractivity contribution is 6.03. The topological polar surface area (TPSA) is 195 Å². The highest BCUT2D eigenvalue weighted by Gasteiger charge is 2.65. The molecule has 2 heterocycles. The number of allylic oxidation sites excluding steroid dienone is 1. The number of rotatable bonds is 25. The van der Waals surface area contributed by atoms with Gasteiger partial charge < -0.3 is 43.8 Å². The molecule has 0 aromatic heterocycles. The summed E-state index contributed by atoms with van der Waals surface area (Å²) in [6.45, 7) is 7.80. The summed E-state index contributed by atoms with van der Waals surface area (Å²) >= 11 is 0. The minimum Gasteiger partial charge on any atom is -0.492 e. The Kier molecular flexibility index (Phi) is 16.3. The first-order valence-electron chi connectivity index (χ1n) is 21.1. The number of hydrogen-bond acceptors (Lipinski definition) is 14. The van der Waals surface area contributed by atoms with Crippen molar-refractivity contribution in [2.24, 2.45) is 22.9 Å². The van der Waals surface area contributed by atoms with Crippen LogP contribution >= 0.6 is 0 Å². The van der Waals surface area contributed by atoms with Gasteiger partial charge in [0.25, 0.3) is 5.69 Å². The van der Waals surface area contributed by atoms with E-state index in [2.05, 4.69) is 23.6 Å². The molecule has 0 radical (unpaired) electrons. The Morgan fingerprint density at radius 2 is 1.82 bits per heavy atom. The summed E-state index contributed by atoms with van der Waals surface area (Å²) in [5.74, 6) is -0.925. The van der Waals surface area contributed by atoms with Crippen molar-refractivity contribution in [3.63, 3.8) is 0 Å². The number of aliphatic hydroxyl groups excluding tert-OH is 3. The van der Waals surface area contributed by atoms with E-state index in [4.69, 9.17) is 33.7 Å². The quantitative estimate of drug-likeness (QED) is 0.0389. The Hall–Kier alpha value is -4.58. The molecule has 2 aliphatic heterocycles. The molecule has 2 aromatic carbocycles. The van der Waals surface area contributed by atoms with Crippen molar-refractivity contribution in [1.82, 2.24) is 9.80 Å². The van der Waals surface area contributed by atoms with Gasteiger partial charge in [0.15, 0.2) is 0 Å². The Morgan fingerprint density at radius 3 is 2.50 bits per heavy atom. The lowest BCUT2D eigenvalue weighted by molar-refractivity contribution is -0.384. The van der Waals surface area contributed by atoms with E-state index in [9.17, 15) is 30.2 Å². The first-order valence-corrected chi connectivity index (χ1v) is 21.1. The van der Waals surface area contributed by atoms with E-state index >= 15 is 0 Å². The molecule has 0 bridgehead atoms. The van der Waals surface area contributed by atoms with Gasteiger partial charge in [0.2, 0.25) is 5.79 Å². The maximum Gasteiger partial charge on any atom is 0.410 e. The standard InChI is InChI=1S/C44H60N4O12/c1-3-23-58-44-40(47(43(52)55-2)19-24-56-26-22-51)29-38(45-59-30-31-10-12-33(13-11-31)48(53)54)36-27-32(8-4-6-20-49)35(9-5-7-21-50)41(42(36)44)37-28-34(14-15-39(37)60-44)57-25-18-46-16-17-46/h3,10-15,27-28,32,35,40-42,49-51H,1,4-9,16-26,29-30H2,2H3. The zero-order chi connectivity index (χ0) is 42.5. The van der Waals surface area contributed by atoms with Crippen LogP contribution < -0.4 is 9.47 Å². The van der Waals surface area contributed by atoms with Gasteiger partial charge in [0.05, 0.1) is 50.1 Å². The number of hydrogen-bond donors (Lipinski definition) is 3. The second-order valence-corrected chi connectivity index (χ2v) is 15.7. The lowest BCUT2D eigenvalue weighted by atomic mass is 9.55. The van der Waals surface area contributed by atoms with Crippen molar-refractivity contribution < 1.29 is 53.6 Å². The van der Waals surface area contributed by atoms with E-state index in [0.717, 1.165) is 56.5 Å². The average Bonchev–Trinajstić information content (AvgIpc) is 4.09. The number of carbonyl (C=O) groups is 1. The Balaban J connectivity index is 1.52. The number of nitro groups is 1. The monoisotopic (exact) mass is 836 g/mol. The summed E-state index contributed by atoms with van der Waals surface area (Å²) in [4.78, 5) is 34.7. The first-order chi connectivity index (χ1) is 29.3. The van der Waals surface area contributed by atoms with Crippen molar-refractivity contribution >= 4 is 17.5 Å². The highest BCUT2D eigenvalue weighted by atomic mass is 16.7. The second-order valence-electron chi connectivity index (χ2n) is 15.7. The fourth-order valence-electron chi connectivity index (χ4n) is 9.04. The van der Waals surface area contributed by atoms with Gasteiger partial charge in [-0.3, -0.25) is 19.9 Å². The number of unbranched alkanes of at least 4 members (excludes halogenated alkanes) is 2. The number of aliphatic hydroxyl groups is 3. The van der Waals surface area contributed by atoms with Crippen molar-refractivity contribution in [2.45, 2.75) is 69.3 Å². The third kappa shape index (κ3) is 10.6. The Bertz CT molecular complexity index is 1800. The minimum atomic E-state index is -1.49. The number of ether oxygens (including phenoxy) is 5. The maximum atomic E-state index is 13.9. The van der Waals surface area contributed by atoms with Crippen LogP contribution in [0.5, 0.6) is 11.5 Å². The van der Waals surface area contributed by atoms with Crippen LogP contribution in [0.3, 0.4) is 0 Å². The molecule has 328 valence electrons. The van der Waals surface area contributed by atoms with Crippen LogP contribution in [0.15, 0.2) is 71.9 Å². The number of methoxy groups -OCH3 is 1. The zero-order valence-corrected chi connectivity index (χ0v) is 34.5. The van der Waals surface area contributed by atoms with Crippen LogP contribution in [0, 0.1) is 27.9 Å². The van der Waals surface area contributed by atoms with Crippen LogP contribution in [0.2, 0.25) is 0 Å². The molecule has 16 heteroatoms. The molecule has 0 spiro atoms. The summed E-state index contributed by atoms with van der Waals surface area (Å²) in [5, 5.41) is 45.3. The predicted molar refractivity (Wildman–Crippen MR) is 222 cm³/mol. The molecule has 16 nitrogen and oxygen atoms in total. The third-order valence-corrected chi connectivity index (χ3v) is 11.9. The van der Waals surface area contributed by atoms with Gasteiger partial charge in [-0.25, -0.2) is 4.79 Å².